The van der Waals surface area contributed by atoms with Crippen LogP contribution in [0.1, 0.15) is 16.1 Å². The van der Waals surface area contributed by atoms with Crippen LogP contribution in [0.4, 0.5) is 0 Å². The Kier molecular flexibility index (Phi) is 3.92. The van der Waals surface area contributed by atoms with E-state index in [0.717, 1.165) is 11.3 Å². The second-order valence-corrected chi connectivity index (χ2v) is 3.69. The van der Waals surface area contributed by atoms with Gasteiger partial charge in [0.15, 0.2) is 5.69 Å². The van der Waals surface area contributed by atoms with Gasteiger partial charge in [-0.2, -0.15) is 0 Å². The number of carboxylic acids is 1. The summed E-state index contributed by atoms with van der Waals surface area (Å²) >= 11 is 0. The molecule has 0 radical (unpaired) electrons. The van der Waals surface area contributed by atoms with E-state index in [9.17, 15) is 4.79 Å². The van der Waals surface area contributed by atoms with Crippen LogP contribution >= 0.6 is 0 Å². The molecule has 0 atom stereocenters. The lowest BCUT2D eigenvalue weighted by molar-refractivity contribution is 0.0688. The third-order valence-electron chi connectivity index (χ3n) is 2.35. The molecule has 6 nitrogen and oxygen atoms in total. The predicted molar refractivity (Wildman–Crippen MR) is 66.3 cm³/mol. The smallest absolute Gasteiger partial charge is 0.356 e. The van der Waals surface area contributed by atoms with Crippen LogP contribution in [0.5, 0.6) is 11.6 Å². The van der Waals surface area contributed by atoms with Crippen molar-refractivity contribution in [1.82, 2.24) is 9.97 Å². The molecule has 1 aromatic carbocycles. The highest BCUT2D eigenvalue weighted by Crippen LogP contribution is 2.14. The number of aromatic carboxylic acids is 1. The van der Waals surface area contributed by atoms with Crippen molar-refractivity contribution in [1.29, 1.82) is 0 Å². The van der Waals surface area contributed by atoms with E-state index in [0.29, 0.717) is 0 Å². The van der Waals surface area contributed by atoms with Crippen molar-refractivity contribution in [3.63, 3.8) is 0 Å². The molecule has 2 rings (SSSR count). The minimum Gasteiger partial charge on any atom is -0.497 e. The predicted octanol–water partition coefficient (Wildman–Crippen LogP) is 1.76. The van der Waals surface area contributed by atoms with Gasteiger partial charge in [0.1, 0.15) is 12.4 Å². The van der Waals surface area contributed by atoms with Crippen LogP contribution in [-0.4, -0.2) is 28.2 Å². The maximum absolute atomic E-state index is 10.7. The van der Waals surface area contributed by atoms with Crippen molar-refractivity contribution < 1.29 is 19.4 Å². The van der Waals surface area contributed by atoms with Gasteiger partial charge in [-0.15, -0.1) is 0 Å². The molecule has 0 unspecified atom stereocenters. The van der Waals surface area contributed by atoms with Crippen LogP contribution < -0.4 is 9.47 Å². The first kappa shape index (κ1) is 12.8. The Balaban J connectivity index is 2.05. The summed E-state index contributed by atoms with van der Waals surface area (Å²) in [5.41, 5.74) is 0.741. The van der Waals surface area contributed by atoms with Gasteiger partial charge >= 0.3 is 5.97 Å². The molecule has 1 aromatic heterocycles. The fourth-order valence-corrected chi connectivity index (χ4v) is 1.44. The van der Waals surface area contributed by atoms with E-state index >= 15 is 0 Å². The largest absolute Gasteiger partial charge is 0.497 e. The summed E-state index contributed by atoms with van der Waals surface area (Å²) in [5, 5.41) is 8.79. The zero-order valence-electron chi connectivity index (χ0n) is 10.2. The number of hydrogen-bond acceptors (Lipinski definition) is 5. The van der Waals surface area contributed by atoms with Gasteiger partial charge in [-0.25, -0.2) is 9.78 Å². The molecule has 0 amide bonds. The molecule has 0 bridgehead atoms. The first-order valence-corrected chi connectivity index (χ1v) is 5.50. The van der Waals surface area contributed by atoms with E-state index in [1.165, 1.54) is 12.4 Å². The van der Waals surface area contributed by atoms with Crippen molar-refractivity contribution in [2.24, 2.45) is 0 Å². The Hall–Kier alpha value is -2.63. The lowest BCUT2D eigenvalue weighted by Gasteiger charge is -2.06. The number of hydrogen-bond donors (Lipinski definition) is 1. The zero-order valence-corrected chi connectivity index (χ0v) is 10.2. The SMILES string of the molecule is COc1cccc(COc2cncc(C(=O)O)n2)c1. The molecule has 19 heavy (non-hydrogen) atoms. The summed E-state index contributed by atoms with van der Waals surface area (Å²) in [6, 6.07) is 7.37. The first-order chi connectivity index (χ1) is 9.19. The molecule has 0 fully saturated rings. The maximum atomic E-state index is 10.7. The van der Waals surface area contributed by atoms with E-state index < -0.39 is 5.97 Å². The molecule has 0 spiro atoms. The fraction of sp³-hybridized carbons (Fsp3) is 0.154. The van der Waals surface area contributed by atoms with Crippen LogP contribution in [0.25, 0.3) is 0 Å². The third kappa shape index (κ3) is 3.41. The van der Waals surface area contributed by atoms with E-state index in [2.05, 4.69) is 9.97 Å². The molecule has 1 N–H and O–H groups in total. The average Bonchev–Trinajstić information content (AvgIpc) is 2.45. The Morgan fingerprint density at radius 2 is 2.21 bits per heavy atom. The van der Waals surface area contributed by atoms with Crippen molar-refractivity contribution in [2.75, 3.05) is 7.11 Å². The molecule has 0 saturated heterocycles. The summed E-state index contributed by atoms with van der Waals surface area (Å²) in [4.78, 5) is 18.3. The summed E-state index contributed by atoms with van der Waals surface area (Å²) in [6.45, 7) is 0.259. The molecule has 0 aliphatic carbocycles. The van der Waals surface area contributed by atoms with E-state index in [4.69, 9.17) is 14.6 Å². The summed E-state index contributed by atoms with van der Waals surface area (Å²) in [5.74, 6) is -0.242. The molecule has 0 saturated carbocycles. The van der Waals surface area contributed by atoms with Crippen molar-refractivity contribution in [3.05, 3.63) is 47.9 Å². The molecular formula is C13H12N2O4. The Morgan fingerprint density at radius 3 is 2.95 bits per heavy atom. The van der Waals surface area contributed by atoms with Crippen LogP contribution in [0.2, 0.25) is 0 Å². The number of aromatic nitrogens is 2. The zero-order chi connectivity index (χ0) is 13.7. The minimum atomic E-state index is -1.14. The standard InChI is InChI=1S/C13H12N2O4/c1-18-10-4-2-3-9(5-10)8-19-12-7-14-6-11(15-12)13(16)17/h2-7H,8H2,1H3,(H,16,17). The Bertz CT molecular complexity index is 586. The number of carbonyl (C=O) groups is 1. The number of ether oxygens (including phenoxy) is 2. The highest BCUT2D eigenvalue weighted by Gasteiger charge is 2.07. The topological polar surface area (TPSA) is 81.5 Å². The highest BCUT2D eigenvalue weighted by atomic mass is 16.5. The summed E-state index contributed by atoms with van der Waals surface area (Å²) < 4.78 is 10.5. The molecule has 6 heteroatoms. The molecule has 0 aliphatic rings. The first-order valence-electron chi connectivity index (χ1n) is 5.50. The van der Waals surface area contributed by atoms with Gasteiger partial charge in [0.05, 0.1) is 19.5 Å². The Labute approximate surface area is 109 Å². The summed E-state index contributed by atoms with van der Waals surface area (Å²) in [6.07, 6.45) is 2.54. The van der Waals surface area contributed by atoms with Gasteiger partial charge in [-0.3, -0.25) is 4.98 Å². The molecule has 0 aliphatic heterocycles. The van der Waals surface area contributed by atoms with Gasteiger partial charge in [0.2, 0.25) is 5.88 Å². The highest BCUT2D eigenvalue weighted by molar-refractivity contribution is 5.84. The van der Waals surface area contributed by atoms with Gasteiger partial charge in [-0.05, 0) is 17.7 Å². The Morgan fingerprint density at radius 1 is 1.37 bits per heavy atom. The molecule has 2 aromatic rings. The lowest BCUT2D eigenvalue weighted by Crippen LogP contribution is -2.04. The second kappa shape index (κ2) is 5.81. The second-order valence-electron chi connectivity index (χ2n) is 3.69. The number of benzene rings is 1. The lowest BCUT2D eigenvalue weighted by atomic mass is 10.2. The normalized spacial score (nSPS) is 9.95. The van der Waals surface area contributed by atoms with Crippen molar-refractivity contribution in [2.45, 2.75) is 6.61 Å². The van der Waals surface area contributed by atoms with Gasteiger partial charge in [0.25, 0.3) is 0 Å². The average molecular weight is 260 g/mol. The summed E-state index contributed by atoms with van der Waals surface area (Å²) in [7, 11) is 1.59. The van der Waals surface area contributed by atoms with Crippen molar-refractivity contribution in [3.8, 4) is 11.6 Å². The van der Waals surface area contributed by atoms with Gasteiger partial charge in [-0.1, -0.05) is 12.1 Å². The van der Waals surface area contributed by atoms with Crippen LogP contribution in [0.15, 0.2) is 36.7 Å². The van der Waals surface area contributed by atoms with E-state index in [1.54, 1.807) is 7.11 Å². The van der Waals surface area contributed by atoms with Crippen LogP contribution in [0.3, 0.4) is 0 Å². The maximum Gasteiger partial charge on any atom is 0.356 e. The number of rotatable bonds is 5. The number of nitrogens with zero attached hydrogens (tertiary/aromatic N) is 2. The molecular weight excluding hydrogens is 248 g/mol. The van der Waals surface area contributed by atoms with E-state index in [1.807, 2.05) is 24.3 Å². The van der Waals surface area contributed by atoms with E-state index in [-0.39, 0.29) is 18.2 Å². The number of carboxylic acid groups (broad SMARTS) is 1. The van der Waals surface area contributed by atoms with Gasteiger partial charge in [0, 0.05) is 0 Å². The van der Waals surface area contributed by atoms with Crippen LogP contribution in [-0.2, 0) is 6.61 Å². The third-order valence-corrected chi connectivity index (χ3v) is 2.35. The fourth-order valence-electron chi connectivity index (χ4n) is 1.44. The molecule has 1 heterocycles. The monoisotopic (exact) mass is 260 g/mol. The minimum absolute atomic E-state index is 0.150. The van der Waals surface area contributed by atoms with Crippen molar-refractivity contribution >= 4 is 5.97 Å². The number of methoxy groups -OCH3 is 1. The molecule has 98 valence electrons. The van der Waals surface area contributed by atoms with Gasteiger partial charge < -0.3 is 14.6 Å². The quantitative estimate of drug-likeness (QED) is 0.882. The van der Waals surface area contributed by atoms with Crippen LogP contribution in [0, 0.1) is 0 Å².